The maximum atomic E-state index is 12.7. The molecule has 298 valence electrons. The highest BCUT2D eigenvalue weighted by molar-refractivity contribution is 6.71. The van der Waals surface area contributed by atoms with Gasteiger partial charge in [-0.1, -0.05) is 25.8 Å². The van der Waals surface area contributed by atoms with Gasteiger partial charge >= 0.3 is 18.0 Å². The Morgan fingerprint density at radius 1 is 0.846 bits per heavy atom. The smallest absolute Gasteiger partial charge is 0.374 e. The number of carbonyl (C=O) groups is 4. The topological polar surface area (TPSA) is 166 Å². The Bertz CT molecular complexity index is 1090. The molecule has 15 heteroatoms. The van der Waals surface area contributed by atoms with Crippen molar-refractivity contribution in [2.24, 2.45) is 0 Å². The number of ether oxygens (including phenoxy) is 3. The van der Waals surface area contributed by atoms with Crippen LogP contribution in [0.5, 0.6) is 0 Å². The average Bonchev–Trinajstić information content (AvgIpc) is 3.13. The van der Waals surface area contributed by atoms with Gasteiger partial charge in [0, 0.05) is 45.3 Å². The lowest BCUT2D eigenvalue weighted by Crippen LogP contribution is -2.48. The number of Topliss-reactive ketones (excluding diaryl/α,β-unsaturated/α-hetero) is 1. The lowest BCUT2D eigenvalue weighted by atomic mass is 9.94. The predicted molar refractivity (Wildman–Crippen MR) is 208 cm³/mol. The molecule has 2 saturated carbocycles. The molecular formula is C37H69N4O9Si2+. The van der Waals surface area contributed by atoms with E-state index in [1.165, 1.54) is 63.7 Å². The zero-order valence-corrected chi connectivity index (χ0v) is 35.4. The SMILES string of the molecule is C=C(C)C(=O)OCCNC(=O)N(CCC[Si](C)(C)OC)C1CCCCC1.CC(=O)C(=O)OCCOC#N.CO[Si](C)(C)CCCNC1C[CH+]CCC1. The number of hydrogen-bond donors (Lipinski definition) is 2. The number of hydrogen-bond acceptors (Lipinski definition) is 11. The number of esters is 2. The summed E-state index contributed by atoms with van der Waals surface area (Å²) in [7, 11) is 0.720. The normalized spacial score (nSPS) is 15.9. The quantitative estimate of drug-likeness (QED) is 0.0273. The summed E-state index contributed by atoms with van der Waals surface area (Å²) in [5.41, 5.74) is 0.366. The maximum absolute atomic E-state index is 12.7. The van der Waals surface area contributed by atoms with Crippen molar-refractivity contribution >= 4 is 40.4 Å². The van der Waals surface area contributed by atoms with Gasteiger partial charge in [-0.25, -0.2) is 14.4 Å². The van der Waals surface area contributed by atoms with Crippen LogP contribution in [0.2, 0.25) is 38.3 Å². The van der Waals surface area contributed by atoms with Gasteiger partial charge in [-0.05, 0) is 90.3 Å². The van der Waals surface area contributed by atoms with Crippen molar-refractivity contribution in [1.82, 2.24) is 15.5 Å². The number of urea groups is 1. The Hall–Kier alpha value is -2.91. The number of ketones is 1. The summed E-state index contributed by atoms with van der Waals surface area (Å²) in [5.74, 6) is -2.00. The lowest BCUT2D eigenvalue weighted by molar-refractivity contribution is -0.153. The van der Waals surface area contributed by atoms with Gasteiger partial charge in [0.2, 0.25) is 5.78 Å². The van der Waals surface area contributed by atoms with Crippen LogP contribution >= 0.6 is 0 Å². The Morgan fingerprint density at radius 3 is 2.00 bits per heavy atom. The van der Waals surface area contributed by atoms with Gasteiger partial charge in [0.15, 0.2) is 16.6 Å². The molecule has 1 atom stereocenters. The Balaban J connectivity index is 0.000000841. The van der Waals surface area contributed by atoms with Crippen LogP contribution in [-0.2, 0) is 37.4 Å². The first-order valence-corrected chi connectivity index (χ1v) is 25.0. The fourth-order valence-corrected chi connectivity index (χ4v) is 7.97. The molecule has 2 fully saturated rings. The van der Waals surface area contributed by atoms with Crippen molar-refractivity contribution in [3.8, 4) is 6.26 Å². The van der Waals surface area contributed by atoms with Crippen molar-refractivity contribution in [3.05, 3.63) is 18.6 Å². The number of rotatable bonds is 20. The molecule has 0 radical (unpaired) electrons. The van der Waals surface area contributed by atoms with Gasteiger partial charge in [0.25, 0.3) is 6.26 Å². The van der Waals surface area contributed by atoms with E-state index in [1.807, 2.05) is 12.0 Å². The molecule has 1 unspecified atom stereocenters. The fourth-order valence-electron chi connectivity index (χ4n) is 5.52. The molecule has 52 heavy (non-hydrogen) atoms. The first kappa shape index (κ1) is 49.1. The van der Waals surface area contributed by atoms with Crippen LogP contribution in [0, 0.1) is 17.9 Å². The van der Waals surface area contributed by atoms with Gasteiger partial charge in [0.05, 0.1) is 19.4 Å². The van der Waals surface area contributed by atoms with E-state index in [1.54, 1.807) is 14.0 Å². The van der Waals surface area contributed by atoms with Crippen LogP contribution in [0.15, 0.2) is 12.2 Å². The highest BCUT2D eigenvalue weighted by Gasteiger charge is 2.27. The van der Waals surface area contributed by atoms with Gasteiger partial charge in [-0.3, -0.25) is 4.79 Å². The minimum Gasteiger partial charge on any atom is -0.460 e. The molecule has 0 aromatic carbocycles. The maximum Gasteiger partial charge on any atom is 0.374 e. The first-order valence-electron chi connectivity index (χ1n) is 18.8. The van der Waals surface area contributed by atoms with E-state index in [9.17, 15) is 19.2 Å². The third-order valence-electron chi connectivity index (χ3n) is 9.09. The average molecular weight is 770 g/mol. The summed E-state index contributed by atoms with van der Waals surface area (Å²) >= 11 is 0. The molecule has 2 N–H and O–H groups in total. The summed E-state index contributed by atoms with van der Waals surface area (Å²) in [6.07, 6.45) is 17.1. The number of carbonyl (C=O) groups excluding carboxylic acids is 4. The second-order valence-corrected chi connectivity index (χ2v) is 23.4. The predicted octanol–water partition coefficient (Wildman–Crippen LogP) is 6.27. The van der Waals surface area contributed by atoms with E-state index >= 15 is 0 Å². The van der Waals surface area contributed by atoms with Crippen molar-refractivity contribution in [2.45, 2.75) is 135 Å². The molecule has 0 heterocycles. The third-order valence-corrected chi connectivity index (χ3v) is 14.4. The minimum atomic E-state index is -1.61. The van der Waals surface area contributed by atoms with Gasteiger partial charge in [-0.2, -0.15) is 5.26 Å². The molecule has 0 aromatic rings. The molecule has 13 nitrogen and oxygen atoms in total. The molecule has 2 rings (SSSR count). The summed E-state index contributed by atoms with van der Waals surface area (Å²) in [6, 6.07) is 3.32. The molecule has 0 bridgehead atoms. The Labute approximate surface area is 316 Å². The van der Waals surface area contributed by atoms with Crippen LogP contribution in [0.1, 0.15) is 84.5 Å². The highest BCUT2D eigenvalue weighted by atomic mass is 28.4. The van der Waals surface area contributed by atoms with Crippen molar-refractivity contribution < 1.29 is 42.2 Å². The molecule has 2 amide bonds. The fraction of sp³-hybridized carbons (Fsp3) is 0.784. The Kier molecular flexibility index (Phi) is 27.0. The van der Waals surface area contributed by atoms with Crippen LogP contribution in [0.3, 0.4) is 0 Å². The number of nitrogens with zero attached hydrogens (tertiary/aromatic N) is 2. The lowest BCUT2D eigenvalue weighted by Gasteiger charge is -2.35. The van der Waals surface area contributed by atoms with E-state index in [0.29, 0.717) is 18.2 Å². The van der Waals surface area contributed by atoms with E-state index in [-0.39, 0.29) is 25.9 Å². The zero-order valence-electron chi connectivity index (χ0n) is 33.4. The van der Waals surface area contributed by atoms with E-state index < -0.39 is 34.4 Å². The van der Waals surface area contributed by atoms with Crippen molar-refractivity contribution in [3.63, 3.8) is 0 Å². The van der Waals surface area contributed by atoms with Gasteiger partial charge < -0.3 is 38.6 Å². The van der Waals surface area contributed by atoms with Crippen LogP contribution in [0.25, 0.3) is 0 Å². The first-order chi connectivity index (χ1) is 24.6. The highest BCUT2D eigenvalue weighted by Crippen LogP contribution is 2.24. The molecule has 0 spiro atoms. The van der Waals surface area contributed by atoms with Crippen molar-refractivity contribution in [2.75, 3.05) is 53.7 Å². The van der Waals surface area contributed by atoms with E-state index in [4.69, 9.17) is 18.9 Å². The molecule has 2 aliphatic rings. The second-order valence-electron chi connectivity index (χ2n) is 14.5. The number of amides is 2. The molecule has 0 aromatic heterocycles. The monoisotopic (exact) mass is 769 g/mol. The van der Waals surface area contributed by atoms with Gasteiger partial charge in [-0.15, -0.1) is 0 Å². The summed E-state index contributed by atoms with van der Waals surface area (Å²) in [5, 5.41) is 14.4. The number of nitrogens with one attached hydrogen (secondary N) is 2. The third kappa shape index (κ3) is 25.1. The summed E-state index contributed by atoms with van der Waals surface area (Å²) in [6.45, 7) is 17.6. The van der Waals surface area contributed by atoms with Crippen LogP contribution < -0.4 is 10.6 Å². The number of nitriles is 1. The van der Waals surface area contributed by atoms with E-state index in [2.05, 4.69) is 59.3 Å². The van der Waals surface area contributed by atoms with Crippen LogP contribution in [0.4, 0.5) is 4.79 Å². The zero-order chi connectivity index (χ0) is 39.4. The van der Waals surface area contributed by atoms with Crippen molar-refractivity contribution in [1.29, 1.82) is 5.26 Å². The summed E-state index contributed by atoms with van der Waals surface area (Å²) < 4.78 is 24.7. The van der Waals surface area contributed by atoms with E-state index in [0.717, 1.165) is 51.4 Å². The summed E-state index contributed by atoms with van der Waals surface area (Å²) in [4.78, 5) is 46.7. The minimum absolute atomic E-state index is 0.0183. The second kappa shape index (κ2) is 28.6. The molecule has 0 saturated heterocycles. The standard InChI is InChI=1S/C19H36N2O4Si.C12H26NOSi.C6H7NO4/c1-16(2)18(22)25-14-12-20-19(23)21(17-10-7-6-8-11-17)13-9-15-26(4,5)24-3;1-14-15(2,3)11-7-10-13-12-8-5-4-6-9-12;1-5(8)6(9)11-3-2-10-4-7/h17H,1,6-15H2,2-5H3,(H,20,23);5,12-13H,4,6-11H2,1-3H3;2-3H2,1H3/q;+1;. The molecular weight excluding hydrogens is 701 g/mol. The largest absolute Gasteiger partial charge is 0.460 e. The Morgan fingerprint density at radius 2 is 1.46 bits per heavy atom. The van der Waals surface area contributed by atoms with Gasteiger partial charge in [0.1, 0.15) is 26.2 Å². The molecule has 2 aliphatic carbocycles. The van der Waals surface area contributed by atoms with Crippen LogP contribution in [-0.4, -0.2) is 111 Å². The molecule has 0 aliphatic heterocycles.